The molecule has 1 aromatic carbocycles. The van der Waals surface area contributed by atoms with Crippen molar-refractivity contribution in [3.63, 3.8) is 0 Å². The Labute approximate surface area is 111 Å². The first-order valence-corrected chi connectivity index (χ1v) is 6.89. The molecule has 0 unspecified atom stereocenters. The largest absolute Gasteiger partial charge is 0.268 e. The Hall–Kier alpha value is -2.39. The molecule has 5 nitrogen and oxygen atoms in total. The van der Waals surface area contributed by atoms with Crippen molar-refractivity contribution in [1.29, 1.82) is 5.26 Å². The monoisotopic (exact) mass is 273 g/mol. The second-order valence-electron chi connectivity index (χ2n) is 3.82. The summed E-state index contributed by atoms with van der Waals surface area (Å²) in [4.78, 5) is 4.03. The molecule has 0 fully saturated rings. The minimum atomic E-state index is -3.63. The Morgan fingerprint density at radius 1 is 1.21 bits per heavy atom. The van der Waals surface area contributed by atoms with Crippen molar-refractivity contribution < 1.29 is 8.42 Å². The van der Waals surface area contributed by atoms with Gasteiger partial charge in [0.05, 0.1) is 28.4 Å². The van der Waals surface area contributed by atoms with Crippen LogP contribution in [0.5, 0.6) is 0 Å². The molecule has 0 aliphatic carbocycles. The molecule has 0 aliphatic rings. The van der Waals surface area contributed by atoms with Crippen molar-refractivity contribution in [3.8, 4) is 6.07 Å². The van der Waals surface area contributed by atoms with Crippen molar-refractivity contribution in [1.82, 2.24) is 4.98 Å². The number of rotatable bonds is 3. The number of hydrogen-bond donors (Lipinski definition) is 0. The van der Waals surface area contributed by atoms with Gasteiger partial charge in [0.15, 0.2) is 0 Å². The lowest BCUT2D eigenvalue weighted by molar-refractivity contribution is 0.594. The standard InChI is InChI=1S/C13H11N3O2S/c1-16(12-3-2-8-15-10-12)19(17,18)13-6-4-11(9-14)5-7-13/h2-8,10H,1H3. The zero-order valence-corrected chi connectivity index (χ0v) is 11.0. The molecule has 0 aliphatic heterocycles. The van der Waals surface area contributed by atoms with Crippen molar-refractivity contribution in [2.75, 3.05) is 11.4 Å². The third-order valence-corrected chi connectivity index (χ3v) is 4.45. The lowest BCUT2D eigenvalue weighted by atomic mass is 10.2. The summed E-state index contributed by atoms with van der Waals surface area (Å²) in [5.74, 6) is 0. The summed E-state index contributed by atoms with van der Waals surface area (Å²) in [5, 5.41) is 8.70. The summed E-state index contributed by atoms with van der Waals surface area (Å²) < 4.78 is 25.8. The van der Waals surface area contributed by atoms with Gasteiger partial charge in [-0.15, -0.1) is 0 Å². The Morgan fingerprint density at radius 2 is 1.89 bits per heavy atom. The van der Waals surface area contributed by atoms with E-state index in [1.807, 2.05) is 6.07 Å². The molecule has 19 heavy (non-hydrogen) atoms. The van der Waals surface area contributed by atoms with Gasteiger partial charge in [0.25, 0.3) is 10.0 Å². The second kappa shape index (κ2) is 5.08. The maximum absolute atomic E-state index is 12.3. The van der Waals surface area contributed by atoms with Gasteiger partial charge in [0, 0.05) is 13.2 Å². The molecule has 0 atom stereocenters. The van der Waals surface area contributed by atoms with E-state index in [-0.39, 0.29) is 4.90 Å². The maximum atomic E-state index is 12.3. The third-order valence-electron chi connectivity index (χ3n) is 2.65. The predicted molar refractivity (Wildman–Crippen MR) is 71.0 cm³/mol. The van der Waals surface area contributed by atoms with Crippen LogP contribution < -0.4 is 4.31 Å². The number of aromatic nitrogens is 1. The lowest BCUT2D eigenvalue weighted by Gasteiger charge is -2.18. The average molecular weight is 273 g/mol. The highest BCUT2D eigenvalue weighted by atomic mass is 32.2. The fourth-order valence-corrected chi connectivity index (χ4v) is 2.72. The van der Waals surface area contributed by atoms with Crippen LogP contribution in [0.2, 0.25) is 0 Å². The Balaban J connectivity index is 2.40. The van der Waals surface area contributed by atoms with Crippen LogP contribution in [0.3, 0.4) is 0 Å². The van der Waals surface area contributed by atoms with Crippen LogP contribution in [0, 0.1) is 11.3 Å². The summed E-state index contributed by atoms with van der Waals surface area (Å²) in [6.45, 7) is 0. The average Bonchev–Trinajstić information content (AvgIpc) is 2.47. The number of nitriles is 1. The van der Waals surface area contributed by atoms with Crippen molar-refractivity contribution in [2.45, 2.75) is 4.90 Å². The topological polar surface area (TPSA) is 74.1 Å². The zero-order valence-electron chi connectivity index (χ0n) is 10.2. The molecule has 0 N–H and O–H groups in total. The quantitative estimate of drug-likeness (QED) is 0.854. The van der Waals surface area contributed by atoms with E-state index < -0.39 is 10.0 Å². The molecule has 0 amide bonds. The molecule has 6 heteroatoms. The van der Waals surface area contributed by atoms with Gasteiger partial charge in [-0.05, 0) is 36.4 Å². The second-order valence-corrected chi connectivity index (χ2v) is 5.79. The smallest absolute Gasteiger partial charge is 0.264 e. The molecule has 2 rings (SSSR count). The van der Waals surface area contributed by atoms with Crippen LogP contribution in [0.25, 0.3) is 0 Å². The summed E-state index contributed by atoms with van der Waals surface area (Å²) in [6.07, 6.45) is 3.05. The molecule has 96 valence electrons. The van der Waals surface area contributed by atoms with E-state index in [2.05, 4.69) is 4.98 Å². The molecular formula is C13H11N3O2S. The van der Waals surface area contributed by atoms with Gasteiger partial charge in [-0.1, -0.05) is 0 Å². The lowest BCUT2D eigenvalue weighted by Crippen LogP contribution is -2.26. The van der Waals surface area contributed by atoms with Gasteiger partial charge in [0.2, 0.25) is 0 Å². The highest BCUT2D eigenvalue weighted by Gasteiger charge is 2.21. The first-order valence-electron chi connectivity index (χ1n) is 5.45. The molecule has 0 saturated carbocycles. The number of nitrogens with zero attached hydrogens (tertiary/aromatic N) is 3. The summed E-state index contributed by atoms with van der Waals surface area (Å²) in [5.41, 5.74) is 0.898. The molecule has 0 radical (unpaired) electrons. The number of benzene rings is 1. The van der Waals surface area contributed by atoms with E-state index in [0.717, 1.165) is 4.31 Å². The third kappa shape index (κ3) is 2.56. The fraction of sp³-hybridized carbons (Fsp3) is 0.0769. The van der Waals surface area contributed by atoms with Crippen molar-refractivity contribution in [2.24, 2.45) is 0 Å². The molecule has 0 bridgehead atoms. The molecule has 1 aromatic heterocycles. The highest BCUT2D eigenvalue weighted by Crippen LogP contribution is 2.20. The van der Waals surface area contributed by atoms with E-state index in [0.29, 0.717) is 11.3 Å². The molecule has 0 saturated heterocycles. The van der Waals surface area contributed by atoms with Gasteiger partial charge in [0.1, 0.15) is 0 Å². The van der Waals surface area contributed by atoms with Gasteiger partial charge >= 0.3 is 0 Å². The van der Waals surface area contributed by atoms with Crippen LogP contribution in [0.15, 0.2) is 53.7 Å². The Morgan fingerprint density at radius 3 is 2.42 bits per heavy atom. The van der Waals surface area contributed by atoms with Crippen molar-refractivity contribution >= 4 is 15.7 Å². The minimum Gasteiger partial charge on any atom is -0.268 e. The number of pyridine rings is 1. The molecule has 2 aromatic rings. The summed E-state index contributed by atoms with van der Waals surface area (Å²) >= 11 is 0. The van der Waals surface area contributed by atoms with Crippen LogP contribution in [0.1, 0.15) is 5.56 Å². The number of sulfonamides is 1. The number of hydrogen-bond acceptors (Lipinski definition) is 4. The maximum Gasteiger partial charge on any atom is 0.264 e. The Bertz CT molecular complexity index is 704. The zero-order chi connectivity index (χ0) is 13.9. The van der Waals surface area contributed by atoms with Gasteiger partial charge in [-0.25, -0.2) is 8.42 Å². The van der Waals surface area contributed by atoms with E-state index in [9.17, 15) is 8.42 Å². The first kappa shape index (κ1) is 13.1. The van der Waals surface area contributed by atoms with Crippen molar-refractivity contribution in [3.05, 3.63) is 54.4 Å². The highest BCUT2D eigenvalue weighted by molar-refractivity contribution is 7.92. The Kier molecular flexibility index (Phi) is 3.49. The van der Waals surface area contributed by atoms with E-state index in [1.165, 1.54) is 37.5 Å². The van der Waals surface area contributed by atoms with E-state index in [4.69, 9.17) is 5.26 Å². The van der Waals surface area contributed by atoms with E-state index >= 15 is 0 Å². The normalized spacial score (nSPS) is 10.7. The fourth-order valence-electron chi connectivity index (χ4n) is 1.54. The van der Waals surface area contributed by atoms with Crippen LogP contribution in [-0.4, -0.2) is 20.4 Å². The molecular weight excluding hydrogens is 262 g/mol. The first-order chi connectivity index (χ1) is 9.05. The van der Waals surface area contributed by atoms with Crippen LogP contribution in [0.4, 0.5) is 5.69 Å². The number of anilines is 1. The summed E-state index contributed by atoms with van der Waals surface area (Å²) in [6, 6.07) is 11.1. The molecule has 0 spiro atoms. The van der Waals surface area contributed by atoms with Gasteiger partial charge < -0.3 is 0 Å². The molecule has 1 heterocycles. The minimum absolute atomic E-state index is 0.137. The summed E-state index contributed by atoms with van der Waals surface area (Å²) in [7, 11) is -2.17. The van der Waals surface area contributed by atoms with Gasteiger partial charge in [-0.3, -0.25) is 9.29 Å². The SMILES string of the molecule is CN(c1cccnc1)S(=O)(=O)c1ccc(C#N)cc1. The van der Waals surface area contributed by atoms with Crippen LogP contribution >= 0.6 is 0 Å². The predicted octanol–water partition coefficient (Wildman–Crippen LogP) is 1.78. The van der Waals surface area contributed by atoms with E-state index in [1.54, 1.807) is 18.3 Å². The van der Waals surface area contributed by atoms with Crippen LogP contribution in [-0.2, 0) is 10.0 Å². The van der Waals surface area contributed by atoms with Gasteiger partial charge in [-0.2, -0.15) is 5.26 Å².